The van der Waals surface area contributed by atoms with Gasteiger partial charge in [0.05, 0.1) is 7.11 Å². The lowest BCUT2D eigenvalue weighted by atomic mass is 10.1. The zero-order chi connectivity index (χ0) is 14.8. The number of nitrogen functional groups attached to an aromatic ring is 1. The first-order valence-electron chi connectivity index (χ1n) is 6.74. The largest absolute Gasteiger partial charge is 0.497 e. The molecule has 0 unspecified atom stereocenters. The lowest BCUT2D eigenvalue weighted by Gasteiger charge is -2.12. The van der Waals surface area contributed by atoms with Crippen molar-refractivity contribution in [2.24, 2.45) is 0 Å². The average molecular weight is 279 g/mol. The number of ether oxygens (including phenoxy) is 1. The van der Waals surface area contributed by atoms with Crippen molar-refractivity contribution >= 4 is 28.0 Å². The molecule has 0 aliphatic carbocycles. The minimum Gasteiger partial charge on any atom is -0.497 e. The Morgan fingerprint density at radius 1 is 1.05 bits per heavy atom. The standard InChI is InChI=1S/C17H17N3O/c1-11-9-15-14(7-4-8-16(15)18)17(19-11)20-12-5-3-6-13(10-12)21-2/h3-10H,18H2,1-2H3,(H,19,20). The summed E-state index contributed by atoms with van der Waals surface area (Å²) in [5, 5.41) is 5.36. The molecule has 3 N–H and O–H groups in total. The summed E-state index contributed by atoms with van der Waals surface area (Å²) in [4.78, 5) is 4.59. The van der Waals surface area contributed by atoms with Gasteiger partial charge in [0.25, 0.3) is 0 Å². The smallest absolute Gasteiger partial charge is 0.138 e. The lowest BCUT2D eigenvalue weighted by Crippen LogP contribution is -1.98. The van der Waals surface area contributed by atoms with Crippen LogP contribution in [0, 0.1) is 6.92 Å². The quantitative estimate of drug-likeness (QED) is 0.714. The van der Waals surface area contributed by atoms with Crippen LogP contribution < -0.4 is 15.8 Å². The van der Waals surface area contributed by atoms with Gasteiger partial charge in [-0.1, -0.05) is 18.2 Å². The van der Waals surface area contributed by atoms with Crippen molar-refractivity contribution in [3.63, 3.8) is 0 Å². The van der Waals surface area contributed by atoms with E-state index >= 15 is 0 Å². The number of aromatic nitrogens is 1. The SMILES string of the molecule is COc1cccc(Nc2nc(C)cc3c(N)cccc23)c1. The summed E-state index contributed by atoms with van der Waals surface area (Å²) >= 11 is 0. The van der Waals surface area contributed by atoms with E-state index in [9.17, 15) is 0 Å². The van der Waals surface area contributed by atoms with E-state index in [1.165, 1.54) is 0 Å². The monoisotopic (exact) mass is 279 g/mol. The summed E-state index contributed by atoms with van der Waals surface area (Å²) in [7, 11) is 1.65. The van der Waals surface area contributed by atoms with Gasteiger partial charge in [-0.3, -0.25) is 0 Å². The zero-order valence-corrected chi connectivity index (χ0v) is 12.1. The van der Waals surface area contributed by atoms with Crippen molar-refractivity contribution in [2.45, 2.75) is 6.92 Å². The van der Waals surface area contributed by atoms with Crippen LogP contribution in [0.5, 0.6) is 5.75 Å². The number of nitrogens with zero attached hydrogens (tertiary/aromatic N) is 1. The Bertz CT molecular complexity index is 799. The normalized spacial score (nSPS) is 10.6. The summed E-state index contributed by atoms with van der Waals surface area (Å²) < 4.78 is 5.24. The van der Waals surface area contributed by atoms with Crippen molar-refractivity contribution in [3.8, 4) is 5.75 Å². The molecule has 0 saturated heterocycles. The molecule has 4 nitrogen and oxygen atoms in total. The molecular formula is C17H17N3O. The number of nitrogens with two attached hydrogens (primary N) is 1. The molecule has 0 aliphatic rings. The molecule has 2 aromatic carbocycles. The van der Waals surface area contributed by atoms with E-state index in [1.807, 2.05) is 55.5 Å². The highest BCUT2D eigenvalue weighted by atomic mass is 16.5. The Kier molecular flexibility index (Phi) is 3.36. The van der Waals surface area contributed by atoms with Gasteiger partial charge in [-0.25, -0.2) is 4.98 Å². The van der Waals surface area contributed by atoms with Gasteiger partial charge in [-0.05, 0) is 31.2 Å². The van der Waals surface area contributed by atoms with E-state index in [-0.39, 0.29) is 0 Å². The first kappa shape index (κ1) is 13.2. The second-order valence-electron chi connectivity index (χ2n) is 4.91. The topological polar surface area (TPSA) is 60.2 Å². The van der Waals surface area contributed by atoms with Crippen LogP contribution in [0.3, 0.4) is 0 Å². The van der Waals surface area contributed by atoms with Gasteiger partial charge < -0.3 is 15.8 Å². The van der Waals surface area contributed by atoms with Crippen molar-refractivity contribution in [1.29, 1.82) is 0 Å². The van der Waals surface area contributed by atoms with Gasteiger partial charge >= 0.3 is 0 Å². The van der Waals surface area contributed by atoms with Crippen LogP contribution >= 0.6 is 0 Å². The van der Waals surface area contributed by atoms with Crippen LogP contribution in [-0.4, -0.2) is 12.1 Å². The molecular weight excluding hydrogens is 262 g/mol. The lowest BCUT2D eigenvalue weighted by molar-refractivity contribution is 0.415. The number of fused-ring (bicyclic) bond motifs is 1. The van der Waals surface area contributed by atoms with E-state index < -0.39 is 0 Å². The Hall–Kier alpha value is -2.75. The van der Waals surface area contributed by atoms with E-state index in [1.54, 1.807) is 7.11 Å². The summed E-state index contributed by atoms with van der Waals surface area (Å²) in [6.45, 7) is 1.96. The molecule has 0 bridgehead atoms. The van der Waals surface area contributed by atoms with Gasteiger partial charge in [-0.2, -0.15) is 0 Å². The zero-order valence-electron chi connectivity index (χ0n) is 12.1. The Labute approximate surface area is 123 Å². The van der Waals surface area contributed by atoms with Gasteiger partial charge in [-0.15, -0.1) is 0 Å². The summed E-state index contributed by atoms with van der Waals surface area (Å²) in [6.07, 6.45) is 0. The molecule has 4 heteroatoms. The van der Waals surface area contributed by atoms with Gasteiger partial charge in [0.1, 0.15) is 11.6 Å². The highest BCUT2D eigenvalue weighted by molar-refractivity contribution is 6.00. The number of rotatable bonds is 3. The highest BCUT2D eigenvalue weighted by Crippen LogP contribution is 2.29. The Morgan fingerprint density at radius 2 is 1.86 bits per heavy atom. The molecule has 3 rings (SSSR count). The average Bonchev–Trinajstić information content (AvgIpc) is 2.48. The number of aryl methyl sites for hydroxylation is 1. The van der Waals surface area contributed by atoms with E-state index in [4.69, 9.17) is 10.5 Å². The molecule has 0 atom stereocenters. The van der Waals surface area contributed by atoms with Crippen molar-refractivity contribution in [2.75, 3.05) is 18.2 Å². The van der Waals surface area contributed by atoms with Gasteiger partial charge in [0.15, 0.2) is 0 Å². The van der Waals surface area contributed by atoms with Crippen LogP contribution in [0.15, 0.2) is 48.5 Å². The molecule has 0 amide bonds. The van der Waals surface area contributed by atoms with Crippen LogP contribution in [0.1, 0.15) is 5.69 Å². The fourth-order valence-electron chi connectivity index (χ4n) is 2.36. The fourth-order valence-corrected chi connectivity index (χ4v) is 2.36. The first-order valence-corrected chi connectivity index (χ1v) is 6.74. The number of hydrogen-bond donors (Lipinski definition) is 2. The van der Waals surface area contributed by atoms with Crippen LogP contribution in [0.4, 0.5) is 17.2 Å². The number of nitrogens with one attached hydrogen (secondary N) is 1. The minimum atomic E-state index is 0.756. The van der Waals surface area contributed by atoms with E-state index in [0.29, 0.717) is 0 Å². The molecule has 0 aliphatic heterocycles. The maximum absolute atomic E-state index is 6.06. The maximum atomic E-state index is 6.06. The third kappa shape index (κ3) is 2.60. The van der Waals surface area contributed by atoms with E-state index in [2.05, 4.69) is 10.3 Å². The van der Waals surface area contributed by atoms with Crippen molar-refractivity contribution < 1.29 is 4.74 Å². The second-order valence-corrected chi connectivity index (χ2v) is 4.91. The van der Waals surface area contributed by atoms with Crippen LogP contribution in [0.2, 0.25) is 0 Å². The molecule has 1 aromatic heterocycles. The predicted molar refractivity (Wildman–Crippen MR) is 87.2 cm³/mol. The molecule has 0 saturated carbocycles. The Balaban J connectivity index is 2.09. The molecule has 21 heavy (non-hydrogen) atoms. The molecule has 0 spiro atoms. The number of methoxy groups -OCH3 is 1. The number of benzene rings is 2. The predicted octanol–water partition coefficient (Wildman–Crippen LogP) is 3.88. The maximum Gasteiger partial charge on any atom is 0.138 e. The number of anilines is 3. The van der Waals surface area contributed by atoms with Gasteiger partial charge in [0, 0.05) is 33.9 Å². The highest BCUT2D eigenvalue weighted by Gasteiger charge is 2.07. The number of pyridine rings is 1. The van der Waals surface area contributed by atoms with Crippen LogP contribution in [-0.2, 0) is 0 Å². The molecule has 106 valence electrons. The van der Waals surface area contributed by atoms with Gasteiger partial charge in [0.2, 0.25) is 0 Å². The summed E-state index contributed by atoms with van der Waals surface area (Å²) in [6, 6.07) is 15.6. The molecule has 0 fully saturated rings. The molecule has 3 aromatic rings. The van der Waals surface area contributed by atoms with Crippen molar-refractivity contribution in [3.05, 3.63) is 54.2 Å². The third-order valence-corrected chi connectivity index (χ3v) is 3.37. The fraction of sp³-hybridized carbons (Fsp3) is 0.118. The van der Waals surface area contributed by atoms with Crippen molar-refractivity contribution in [1.82, 2.24) is 4.98 Å². The van der Waals surface area contributed by atoms with E-state index in [0.717, 1.165) is 39.4 Å². The number of hydrogen-bond acceptors (Lipinski definition) is 4. The second kappa shape index (κ2) is 5.32. The van der Waals surface area contributed by atoms with Crippen LogP contribution in [0.25, 0.3) is 10.8 Å². The third-order valence-electron chi connectivity index (χ3n) is 3.37. The molecule has 0 radical (unpaired) electrons. The first-order chi connectivity index (χ1) is 10.2. The Morgan fingerprint density at radius 3 is 2.67 bits per heavy atom. The minimum absolute atomic E-state index is 0.756. The molecule has 1 heterocycles. The summed E-state index contributed by atoms with van der Waals surface area (Å²) in [5.74, 6) is 1.60. The summed E-state index contributed by atoms with van der Waals surface area (Å²) in [5.41, 5.74) is 8.66.